The molecule has 94 valence electrons. The molecule has 3 atom stereocenters. The maximum absolute atomic E-state index is 5.48. The van der Waals surface area contributed by atoms with Crippen LogP contribution < -0.4 is 5.32 Å². The van der Waals surface area contributed by atoms with Gasteiger partial charge < -0.3 is 10.1 Å². The van der Waals surface area contributed by atoms with E-state index in [0.717, 1.165) is 25.0 Å². The van der Waals surface area contributed by atoms with Gasteiger partial charge in [-0.15, -0.1) is 0 Å². The Balaban J connectivity index is 1.56. The summed E-state index contributed by atoms with van der Waals surface area (Å²) in [5.74, 6) is 1.96. The maximum Gasteiger partial charge on any atom is 0.0619 e. The largest absolute Gasteiger partial charge is 0.380 e. The molecular weight excluding hydrogens is 198 g/mol. The molecule has 0 aromatic rings. The number of hydrogen-bond acceptors (Lipinski definition) is 2. The van der Waals surface area contributed by atoms with E-state index in [4.69, 9.17) is 4.74 Å². The minimum atomic E-state index is 0.634. The van der Waals surface area contributed by atoms with Gasteiger partial charge in [0.15, 0.2) is 0 Å². The van der Waals surface area contributed by atoms with Gasteiger partial charge in [0.05, 0.1) is 6.61 Å². The summed E-state index contributed by atoms with van der Waals surface area (Å²) in [7, 11) is 0. The topological polar surface area (TPSA) is 21.3 Å². The van der Waals surface area contributed by atoms with Gasteiger partial charge in [-0.05, 0) is 44.1 Å². The molecular formula is C14H27NO. The van der Waals surface area contributed by atoms with Gasteiger partial charge in [0.2, 0.25) is 0 Å². The van der Waals surface area contributed by atoms with Crippen LogP contribution in [0.2, 0.25) is 0 Å². The average molecular weight is 225 g/mol. The molecule has 2 aliphatic rings. The molecule has 1 N–H and O–H groups in total. The summed E-state index contributed by atoms with van der Waals surface area (Å²) in [6.45, 7) is 5.51. The smallest absolute Gasteiger partial charge is 0.0619 e. The molecule has 0 bridgehead atoms. The summed E-state index contributed by atoms with van der Waals surface area (Å²) in [6.07, 6.45) is 9.76. The van der Waals surface area contributed by atoms with E-state index in [9.17, 15) is 0 Å². The van der Waals surface area contributed by atoms with Gasteiger partial charge in [-0.1, -0.05) is 26.2 Å². The molecule has 16 heavy (non-hydrogen) atoms. The first kappa shape index (κ1) is 12.4. The lowest BCUT2D eigenvalue weighted by Crippen LogP contribution is -2.37. The van der Waals surface area contributed by atoms with E-state index < -0.39 is 0 Å². The van der Waals surface area contributed by atoms with Crippen LogP contribution in [0, 0.1) is 11.8 Å². The van der Waals surface area contributed by atoms with Gasteiger partial charge in [0.1, 0.15) is 0 Å². The minimum Gasteiger partial charge on any atom is -0.380 e. The maximum atomic E-state index is 5.48. The average Bonchev–Trinajstić information content (AvgIpc) is 2.30. The van der Waals surface area contributed by atoms with Crippen molar-refractivity contribution in [2.24, 2.45) is 11.8 Å². The minimum absolute atomic E-state index is 0.634. The zero-order chi connectivity index (χ0) is 11.2. The van der Waals surface area contributed by atoms with Crippen LogP contribution in [0.25, 0.3) is 0 Å². The summed E-state index contributed by atoms with van der Waals surface area (Å²) < 4.78 is 5.48. The van der Waals surface area contributed by atoms with Crippen LogP contribution >= 0.6 is 0 Å². The highest BCUT2D eigenvalue weighted by molar-refractivity contribution is 4.74. The molecule has 0 radical (unpaired) electrons. The Hall–Kier alpha value is -0.0800. The zero-order valence-electron chi connectivity index (χ0n) is 10.7. The lowest BCUT2D eigenvalue weighted by Gasteiger charge is -2.28. The Kier molecular flexibility index (Phi) is 5.11. The van der Waals surface area contributed by atoms with Gasteiger partial charge in [-0.3, -0.25) is 0 Å². The normalized spacial score (nSPS) is 36.2. The molecule has 2 heteroatoms. The lowest BCUT2D eigenvalue weighted by atomic mass is 9.81. The van der Waals surface area contributed by atoms with Crippen LogP contribution in [0.4, 0.5) is 0 Å². The van der Waals surface area contributed by atoms with Gasteiger partial charge >= 0.3 is 0 Å². The molecule has 0 aromatic carbocycles. The van der Waals surface area contributed by atoms with E-state index in [1.165, 1.54) is 51.5 Å². The summed E-state index contributed by atoms with van der Waals surface area (Å²) >= 11 is 0. The Morgan fingerprint density at radius 2 is 2.12 bits per heavy atom. The Labute approximate surface area is 100 Å². The van der Waals surface area contributed by atoms with Crippen molar-refractivity contribution in [3.05, 3.63) is 0 Å². The third-order valence-electron chi connectivity index (χ3n) is 4.19. The third-order valence-corrected chi connectivity index (χ3v) is 4.19. The zero-order valence-corrected chi connectivity index (χ0v) is 10.7. The van der Waals surface area contributed by atoms with Gasteiger partial charge in [0.25, 0.3) is 0 Å². The molecule has 1 saturated heterocycles. The van der Waals surface area contributed by atoms with E-state index in [-0.39, 0.29) is 0 Å². The standard InChI is InChI=1S/C14H27NO/c1-12-4-2-5-13(10-12)7-8-15-14-6-3-9-16-11-14/h12-15H,2-11H2,1H3. The molecule has 2 nitrogen and oxygen atoms in total. The Morgan fingerprint density at radius 1 is 1.19 bits per heavy atom. The van der Waals surface area contributed by atoms with Crippen LogP contribution in [0.5, 0.6) is 0 Å². The summed E-state index contributed by atoms with van der Waals surface area (Å²) in [4.78, 5) is 0. The first-order valence-electron chi connectivity index (χ1n) is 7.15. The fraction of sp³-hybridized carbons (Fsp3) is 1.00. The van der Waals surface area contributed by atoms with Crippen molar-refractivity contribution in [1.29, 1.82) is 0 Å². The van der Waals surface area contributed by atoms with Crippen LogP contribution in [-0.4, -0.2) is 25.8 Å². The quantitative estimate of drug-likeness (QED) is 0.794. The second-order valence-electron chi connectivity index (χ2n) is 5.79. The van der Waals surface area contributed by atoms with E-state index >= 15 is 0 Å². The monoisotopic (exact) mass is 225 g/mol. The first-order valence-corrected chi connectivity index (χ1v) is 7.15. The molecule has 2 fully saturated rings. The first-order chi connectivity index (χ1) is 7.84. The Morgan fingerprint density at radius 3 is 2.88 bits per heavy atom. The van der Waals surface area contributed by atoms with E-state index in [2.05, 4.69) is 12.2 Å². The van der Waals surface area contributed by atoms with E-state index in [1.807, 2.05) is 0 Å². The molecule has 0 aromatic heterocycles. The Bertz CT molecular complexity index is 189. The lowest BCUT2D eigenvalue weighted by molar-refractivity contribution is 0.0697. The molecule has 1 heterocycles. The third kappa shape index (κ3) is 4.06. The fourth-order valence-corrected chi connectivity index (χ4v) is 3.22. The van der Waals surface area contributed by atoms with Crippen molar-refractivity contribution in [2.45, 2.75) is 57.9 Å². The van der Waals surface area contributed by atoms with Crippen molar-refractivity contribution < 1.29 is 4.74 Å². The van der Waals surface area contributed by atoms with Crippen molar-refractivity contribution in [3.63, 3.8) is 0 Å². The highest BCUT2D eigenvalue weighted by Gasteiger charge is 2.19. The second-order valence-corrected chi connectivity index (χ2v) is 5.79. The molecule has 0 spiro atoms. The number of rotatable bonds is 4. The molecule has 1 aliphatic carbocycles. The van der Waals surface area contributed by atoms with Gasteiger partial charge in [-0.25, -0.2) is 0 Å². The SMILES string of the molecule is CC1CCCC(CCNC2CCCOC2)C1. The summed E-state index contributed by atoms with van der Waals surface area (Å²) in [5, 5.41) is 3.66. The number of hydrogen-bond donors (Lipinski definition) is 1. The second kappa shape index (κ2) is 6.61. The molecule has 3 unspecified atom stereocenters. The molecule has 1 aliphatic heterocycles. The molecule has 2 rings (SSSR count). The fourth-order valence-electron chi connectivity index (χ4n) is 3.22. The van der Waals surface area contributed by atoms with E-state index in [0.29, 0.717) is 6.04 Å². The predicted molar refractivity (Wildman–Crippen MR) is 67.6 cm³/mol. The van der Waals surface area contributed by atoms with Crippen molar-refractivity contribution in [1.82, 2.24) is 5.32 Å². The van der Waals surface area contributed by atoms with Crippen LogP contribution in [-0.2, 0) is 4.74 Å². The van der Waals surface area contributed by atoms with Crippen molar-refractivity contribution in [2.75, 3.05) is 19.8 Å². The van der Waals surface area contributed by atoms with E-state index in [1.54, 1.807) is 0 Å². The van der Waals surface area contributed by atoms with Crippen LogP contribution in [0.1, 0.15) is 51.9 Å². The van der Waals surface area contributed by atoms with Gasteiger partial charge in [0, 0.05) is 12.6 Å². The number of nitrogens with one attached hydrogen (secondary N) is 1. The summed E-state index contributed by atoms with van der Waals surface area (Å²) in [6, 6.07) is 0.634. The van der Waals surface area contributed by atoms with Crippen LogP contribution in [0.3, 0.4) is 0 Å². The number of ether oxygens (including phenoxy) is 1. The highest BCUT2D eigenvalue weighted by atomic mass is 16.5. The predicted octanol–water partition coefficient (Wildman–Crippen LogP) is 2.97. The van der Waals surface area contributed by atoms with Crippen LogP contribution in [0.15, 0.2) is 0 Å². The van der Waals surface area contributed by atoms with Crippen molar-refractivity contribution >= 4 is 0 Å². The molecule has 1 saturated carbocycles. The van der Waals surface area contributed by atoms with Crippen molar-refractivity contribution in [3.8, 4) is 0 Å². The summed E-state index contributed by atoms with van der Waals surface area (Å²) in [5.41, 5.74) is 0. The van der Waals surface area contributed by atoms with Gasteiger partial charge in [-0.2, -0.15) is 0 Å². The molecule has 0 amide bonds. The highest BCUT2D eigenvalue weighted by Crippen LogP contribution is 2.30.